The summed E-state index contributed by atoms with van der Waals surface area (Å²) >= 11 is 1.39. The van der Waals surface area contributed by atoms with E-state index in [-0.39, 0.29) is 22.8 Å². The lowest BCUT2D eigenvalue weighted by Gasteiger charge is -2.33. The van der Waals surface area contributed by atoms with Crippen LogP contribution in [0.15, 0.2) is 64.5 Å². The van der Waals surface area contributed by atoms with Gasteiger partial charge in [0, 0.05) is 19.7 Å². The highest BCUT2D eigenvalue weighted by molar-refractivity contribution is 8.00. The maximum Gasteiger partial charge on any atom is 0.262 e. The summed E-state index contributed by atoms with van der Waals surface area (Å²) in [5, 5.41) is 0.891. The van der Waals surface area contributed by atoms with Gasteiger partial charge in [0.05, 0.1) is 28.8 Å². The third-order valence-electron chi connectivity index (χ3n) is 7.16. The van der Waals surface area contributed by atoms with Crippen LogP contribution in [0.3, 0.4) is 0 Å². The van der Waals surface area contributed by atoms with E-state index in [2.05, 4.69) is 30.3 Å². The summed E-state index contributed by atoms with van der Waals surface area (Å²) in [7, 11) is 0. The van der Waals surface area contributed by atoms with Gasteiger partial charge in [0.2, 0.25) is 5.91 Å². The normalized spacial score (nSPS) is 19.8. The lowest BCUT2D eigenvalue weighted by molar-refractivity contribution is -0.131. The van der Waals surface area contributed by atoms with Gasteiger partial charge >= 0.3 is 0 Å². The van der Waals surface area contributed by atoms with E-state index >= 15 is 0 Å². The second kappa shape index (κ2) is 11.0. The quantitative estimate of drug-likeness (QED) is 0.359. The molecule has 0 radical (unpaired) electrons. The highest BCUT2D eigenvalue weighted by Crippen LogP contribution is 2.28. The van der Waals surface area contributed by atoms with Crippen molar-refractivity contribution in [1.82, 2.24) is 14.5 Å². The van der Waals surface area contributed by atoms with Gasteiger partial charge in [0.25, 0.3) is 5.56 Å². The Morgan fingerprint density at radius 2 is 1.83 bits per heavy atom. The summed E-state index contributed by atoms with van der Waals surface area (Å²) in [5.41, 5.74) is 1.98. The average molecular weight is 492 g/mol. The number of thioether (sulfide) groups is 1. The number of fused-ring (bicyclic) bond motifs is 1. The Labute approximate surface area is 210 Å². The van der Waals surface area contributed by atoms with Gasteiger partial charge in [0.1, 0.15) is 0 Å². The molecule has 1 amide bonds. The molecule has 0 saturated carbocycles. The van der Waals surface area contributed by atoms with Crippen molar-refractivity contribution in [2.75, 3.05) is 19.7 Å². The Hall–Kier alpha value is -2.64. The first-order valence-electron chi connectivity index (χ1n) is 12.7. The first kappa shape index (κ1) is 24.1. The zero-order valence-electron chi connectivity index (χ0n) is 20.3. The number of aromatic nitrogens is 2. The van der Waals surface area contributed by atoms with E-state index < -0.39 is 0 Å². The highest BCUT2D eigenvalue weighted by Gasteiger charge is 2.28. The Balaban J connectivity index is 1.27. The van der Waals surface area contributed by atoms with Crippen LogP contribution in [0.25, 0.3) is 10.9 Å². The molecule has 0 spiro atoms. The molecule has 0 aliphatic carbocycles. The van der Waals surface area contributed by atoms with Crippen LogP contribution < -0.4 is 5.56 Å². The number of ether oxygens (including phenoxy) is 1. The lowest BCUT2D eigenvalue weighted by atomic mass is 9.90. The van der Waals surface area contributed by atoms with Crippen LogP contribution in [-0.2, 0) is 22.5 Å². The molecule has 184 valence electrons. The van der Waals surface area contributed by atoms with E-state index in [1.54, 1.807) is 4.57 Å². The van der Waals surface area contributed by atoms with Crippen molar-refractivity contribution in [3.63, 3.8) is 0 Å². The summed E-state index contributed by atoms with van der Waals surface area (Å²) in [6.07, 6.45) is 5.09. The Kier molecular flexibility index (Phi) is 7.54. The fourth-order valence-electron chi connectivity index (χ4n) is 5.16. The van der Waals surface area contributed by atoms with Gasteiger partial charge in [-0.2, -0.15) is 0 Å². The number of nitrogens with zero attached hydrogens (tertiary/aromatic N) is 3. The van der Waals surface area contributed by atoms with Gasteiger partial charge < -0.3 is 9.64 Å². The second-order valence-corrected chi connectivity index (χ2v) is 11.0. The van der Waals surface area contributed by atoms with Crippen molar-refractivity contribution in [1.29, 1.82) is 0 Å². The van der Waals surface area contributed by atoms with E-state index in [9.17, 15) is 9.59 Å². The van der Waals surface area contributed by atoms with E-state index in [1.807, 2.05) is 36.1 Å². The number of carbonyl (C=O) groups excluding carboxylic acids is 1. The maximum absolute atomic E-state index is 13.3. The van der Waals surface area contributed by atoms with Gasteiger partial charge in [-0.25, -0.2) is 4.98 Å². The predicted molar refractivity (Wildman–Crippen MR) is 140 cm³/mol. The number of hydrogen-bond acceptors (Lipinski definition) is 5. The molecule has 5 rings (SSSR count). The molecule has 6 nitrogen and oxygen atoms in total. The molecule has 2 aliphatic rings. The molecule has 2 unspecified atom stereocenters. The Bertz CT molecular complexity index is 1220. The first-order chi connectivity index (χ1) is 17.1. The Morgan fingerprint density at radius 1 is 1.09 bits per heavy atom. The lowest BCUT2D eigenvalue weighted by Crippen LogP contribution is -2.42. The van der Waals surface area contributed by atoms with Crippen molar-refractivity contribution in [2.45, 2.75) is 62.1 Å². The van der Waals surface area contributed by atoms with E-state index in [4.69, 9.17) is 9.72 Å². The molecular formula is C28H33N3O3S. The number of likely N-dealkylation sites (tertiary alicyclic amines) is 1. The molecular weight excluding hydrogens is 458 g/mol. The minimum absolute atomic E-state index is 0.0182. The smallest absolute Gasteiger partial charge is 0.262 e. The number of benzene rings is 2. The van der Waals surface area contributed by atoms with Crippen LogP contribution in [0.1, 0.15) is 38.2 Å². The molecule has 0 N–H and O–H groups in total. The van der Waals surface area contributed by atoms with Crippen LogP contribution in [0, 0.1) is 5.92 Å². The molecule has 7 heteroatoms. The van der Waals surface area contributed by atoms with Gasteiger partial charge in [-0.05, 0) is 62.6 Å². The molecule has 2 aliphatic heterocycles. The standard InChI is InChI=1S/C28H33N3O3S/c1-20(26(32)30-15-13-22(14-16-30)18-21-8-3-2-4-9-21)35-28-29-25-12-6-5-11-24(25)27(33)31(28)19-23-10-7-17-34-23/h2-6,8-9,11-12,20,22-23H,7,10,13-19H2,1H3. The number of amides is 1. The minimum Gasteiger partial charge on any atom is -0.376 e. The summed E-state index contributed by atoms with van der Waals surface area (Å²) in [4.78, 5) is 33.5. The summed E-state index contributed by atoms with van der Waals surface area (Å²) in [6.45, 7) is 4.72. The third kappa shape index (κ3) is 5.62. The molecule has 3 heterocycles. The minimum atomic E-state index is -0.315. The molecule has 1 aromatic heterocycles. The molecule has 3 aromatic rings. The van der Waals surface area contributed by atoms with Crippen molar-refractivity contribution in [3.8, 4) is 0 Å². The number of rotatable bonds is 7. The van der Waals surface area contributed by atoms with Crippen molar-refractivity contribution in [2.24, 2.45) is 5.92 Å². The van der Waals surface area contributed by atoms with E-state index in [0.29, 0.717) is 28.5 Å². The SMILES string of the molecule is CC(Sc1nc2ccccc2c(=O)n1CC1CCCO1)C(=O)N1CCC(Cc2ccccc2)CC1. The first-order valence-corrected chi connectivity index (χ1v) is 13.6. The molecule has 35 heavy (non-hydrogen) atoms. The predicted octanol–water partition coefficient (Wildman–Crippen LogP) is 4.54. The zero-order valence-corrected chi connectivity index (χ0v) is 21.1. The molecule has 2 fully saturated rings. The van der Waals surface area contributed by atoms with Gasteiger partial charge in [-0.3, -0.25) is 14.2 Å². The fourth-order valence-corrected chi connectivity index (χ4v) is 6.16. The number of carbonyl (C=O) groups is 1. The topological polar surface area (TPSA) is 64.4 Å². The largest absolute Gasteiger partial charge is 0.376 e. The van der Waals surface area contributed by atoms with E-state index in [0.717, 1.165) is 51.8 Å². The number of piperidine rings is 1. The van der Waals surface area contributed by atoms with Crippen molar-refractivity contribution in [3.05, 3.63) is 70.5 Å². The van der Waals surface area contributed by atoms with Crippen LogP contribution in [0.5, 0.6) is 0 Å². The van der Waals surface area contributed by atoms with Crippen molar-refractivity contribution >= 4 is 28.6 Å². The van der Waals surface area contributed by atoms with Crippen LogP contribution >= 0.6 is 11.8 Å². The molecule has 2 saturated heterocycles. The van der Waals surface area contributed by atoms with E-state index in [1.165, 1.54) is 17.3 Å². The van der Waals surface area contributed by atoms with Crippen molar-refractivity contribution < 1.29 is 9.53 Å². The molecule has 2 atom stereocenters. The maximum atomic E-state index is 13.3. The van der Waals surface area contributed by atoms with Crippen LogP contribution in [0.4, 0.5) is 0 Å². The average Bonchev–Trinajstić information content (AvgIpc) is 3.40. The fraction of sp³-hybridized carbons (Fsp3) is 0.464. The third-order valence-corrected chi connectivity index (χ3v) is 8.24. The van der Waals surface area contributed by atoms with Crippen LogP contribution in [-0.4, -0.2) is 51.4 Å². The van der Waals surface area contributed by atoms with Gasteiger partial charge in [-0.15, -0.1) is 0 Å². The molecule has 0 bridgehead atoms. The monoisotopic (exact) mass is 491 g/mol. The van der Waals surface area contributed by atoms with Gasteiger partial charge in [-0.1, -0.05) is 54.2 Å². The zero-order chi connectivity index (χ0) is 24.2. The second-order valence-electron chi connectivity index (χ2n) is 9.68. The molecule has 2 aromatic carbocycles. The highest BCUT2D eigenvalue weighted by atomic mass is 32.2. The summed E-state index contributed by atoms with van der Waals surface area (Å²) < 4.78 is 7.53. The Morgan fingerprint density at radius 3 is 2.57 bits per heavy atom. The summed E-state index contributed by atoms with van der Waals surface area (Å²) in [6, 6.07) is 18.0. The number of para-hydroxylation sites is 1. The summed E-state index contributed by atoms with van der Waals surface area (Å²) in [5.74, 6) is 0.738. The van der Waals surface area contributed by atoms with Crippen LogP contribution in [0.2, 0.25) is 0 Å². The van der Waals surface area contributed by atoms with Gasteiger partial charge in [0.15, 0.2) is 5.16 Å². The number of hydrogen-bond donors (Lipinski definition) is 0.